The molecule has 4 nitrogen and oxygen atoms in total. The van der Waals surface area contributed by atoms with Crippen LogP contribution in [-0.2, 0) is 0 Å². The molecule has 98 valence electrons. The lowest BCUT2D eigenvalue weighted by atomic mass is 10.1. The van der Waals surface area contributed by atoms with Crippen molar-refractivity contribution in [2.24, 2.45) is 0 Å². The van der Waals surface area contributed by atoms with Crippen LogP contribution in [0, 0.1) is 0 Å². The number of carbonyl (C=O) groups excluding carboxylic acids is 1. The van der Waals surface area contributed by atoms with E-state index in [1.54, 1.807) is 26.4 Å². The third-order valence-electron chi connectivity index (χ3n) is 2.52. The molecular weight excluding hydrogens is 230 g/mol. The summed E-state index contributed by atoms with van der Waals surface area (Å²) in [6.07, 6.45) is 5.67. The first-order chi connectivity index (χ1) is 8.76. The van der Waals surface area contributed by atoms with Gasteiger partial charge in [-0.25, -0.2) is 0 Å². The van der Waals surface area contributed by atoms with Crippen LogP contribution in [0.5, 0.6) is 11.5 Å². The zero-order valence-electron chi connectivity index (χ0n) is 11.0. The third kappa shape index (κ3) is 3.60. The Bertz CT molecular complexity index is 427. The first-order valence-electron chi connectivity index (χ1n) is 5.79. The molecule has 1 aromatic rings. The lowest BCUT2D eigenvalue weighted by Crippen LogP contribution is -2.05. The molecule has 0 aromatic heterocycles. The molecule has 0 radical (unpaired) electrons. The summed E-state index contributed by atoms with van der Waals surface area (Å²) >= 11 is 0. The van der Waals surface area contributed by atoms with E-state index < -0.39 is 0 Å². The molecular formula is C14H19NO3. The van der Waals surface area contributed by atoms with Crippen molar-refractivity contribution in [3.05, 3.63) is 29.3 Å². The van der Waals surface area contributed by atoms with Crippen molar-refractivity contribution in [1.29, 1.82) is 0 Å². The molecule has 0 aliphatic rings. The molecule has 0 atom stereocenters. The van der Waals surface area contributed by atoms with Crippen molar-refractivity contribution in [2.75, 3.05) is 27.8 Å². The number of rotatable bonds is 7. The summed E-state index contributed by atoms with van der Waals surface area (Å²) in [6, 6.07) is 3.45. The predicted molar refractivity (Wildman–Crippen MR) is 72.5 cm³/mol. The molecule has 0 saturated heterocycles. The number of nitrogens with one attached hydrogen (secondary N) is 1. The maximum absolute atomic E-state index is 10.9. The van der Waals surface area contributed by atoms with Crippen molar-refractivity contribution in [3.8, 4) is 11.5 Å². The number of methoxy groups -OCH3 is 2. The summed E-state index contributed by atoms with van der Waals surface area (Å²) < 4.78 is 10.5. The van der Waals surface area contributed by atoms with E-state index in [1.165, 1.54) is 0 Å². The highest BCUT2D eigenvalue weighted by atomic mass is 16.5. The Morgan fingerprint density at radius 3 is 2.61 bits per heavy atom. The van der Waals surface area contributed by atoms with Gasteiger partial charge >= 0.3 is 0 Å². The first-order valence-corrected chi connectivity index (χ1v) is 5.79. The molecule has 1 N–H and O–H groups in total. The van der Waals surface area contributed by atoms with Gasteiger partial charge in [-0.2, -0.15) is 0 Å². The molecule has 0 saturated carbocycles. The number of benzene rings is 1. The minimum atomic E-state index is 0.565. The fourth-order valence-electron chi connectivity index (χ4n) is 1.65. The average Bonchev–Trinajstić information content (AvgIpc) is 2.42. The first kappa shape index (κ1) is 14.3. The molecule has 1 rings (SSSR count). The summed E-state index contributed by atoms with van der Waals surface area (Å²) in [5, 5.41) is 3.06. The van der Waals surface area contributed by atoms with Gasteiger partial charge in [-0.1, -0.05) is 12.2 Å². The van der Waals surface area contributed by atoms with Crippen LogP contribution in [-0.4, -0.2) is 34.1 Å². The smallest absolute Gasteiger partial charge is 0.167 e. The van der Waals surface area contributed by atoms with Gasteiger partial charge in [-0.15, -0.1) is 0 Å². The molecule has 0 amide bonds. The Balaban J connectivity index is 3.06. The van der Waals surface area contributed by atoms with Gasteiger partial charge in [0, 0.05) is 11.1 Å². The minimum absolute atomic E-state index is 0.565. The Labute approximate surface area is 108 Å². The number of aldehydes is 1. The lowest BCUT2D eigenvalue weighted by molar-refractivity contribution is 0.112. The second-order valence-electron chi connectivity index (χ2n) is 3.76. The van der Waals surface area contributed by atoms with Gasteiger partial charge in [0.1, 0.15) is 6.29 Å². The zero-order valence-corrected chi connectivity index (χ0v) is 11.0. The fraction of sp³-hybridized carbons (Fsp3) is 0.357. The summed E-state index contributed by atoms with van der Waals surface area (Å²) in [5.74, 6) is 1.21. The van der Waals surface area contributed by atoms with Crippen LogP contribution in [0.15, 0.2) is 18.2 Å². The summed E-state index contributed by atoms with van der Waals surface area (Å²) in [4.78, 5) is 10.9. The topological polar surface area (TPSA) is 47.6 Å². The van der Waals surface area contributed by atoms with Gasteiger partial charge in [0.2, 0.25) is 0 Å². The van der Waals surface area contributed by atoms with Crippen LogP contribution in [0.25, 0.3) is 6.08 Å². The van der Waals surface area contributed by atoms with E-state index in [4.69, 9.17) is 9.47 Å². The van der Waals surface area contributed by atoms with Crippen molar-refractivity contribution >= 4 is 12.4 Å². The Kier molecular flexibility index (Phi) is 5.94. The van der Waals surface area contributed by atoms with Crippen molar-refractivity contribution in [1.82, 2.24) is 5.32 Å². The van der Waals surface area contributed by atoms with E-state index in [-0.39, 0.29) is 0 Å². The molecule has 0 heterocycles. The Morgan fingerprint density at radius 1 is 1.28 bits per heavy atom. The van der Waals surface area contributed by atoms with Gasteiger partial charge in [0.05, 0.1) is 14.2 Å². The second-order valence-corrected chi connectivity index (χ2v) is 3.76. The van der Waals surface area contributed by atoms with Crippen molar-refractivity contribution < 1.29 is 14.3 Å². The van der Waals surface area contributed by atoms with E-state index in [1.807, 2.05) is 19.2 Å². The molecule has 0 unspecified atom stereocenters. The monoisotopic (exact) mass is 249 g/mol. The number of hydrogen-bond acceptors (Lipinski definition) is 4. The van der Waals surface area contributed by atoms with Crippen LogP contribution in [0.2, 0.25) is 0 Å². The summed E-state index contributed by atoms with van der Waals surface area (Å²) in [7, 11) is 5.05. The molecule has 18 heavy (non-hydrogen) atoms. The zero-order chi connectivity index (χ0) is 13.4. The Hall–Kier alpha value is -1.81. The standard InChI is InChI=1S/C14H19NO3/c1-15-7-5-4-6-12-8-11(10-16)9-13(17-2)14(12)18-3/h4,6,8-10,15H,5,7H2,1-3H3. The van der Waals surface area contributed by atoms with Crippen LogP contribution < -0.4 is 14.8 Å². The van der Waals surface area contributed by atoms with Gasteiger partial charge in [0.25, 0.3) is 0 Å². The maximum Gasteiger partial charge on any atom is 0.167 e. The normalized spacial score (nSPS) is 10.6. The second kappa shape index (κ2) is 7.50. The summed E-state index contributed by atoms with van der Waals surface area (Å²) in [5.41, 5.74) is 1.41. The number of ether oxygens (including phenoxy) is 2. The number of hydrogen-bond donors (Lipinski definition) is 1. The molecule has 1 aromatic carbocycles. The molecule has 0 aliphatic heterocycles. The van der Waals surface area contributed by atoms with Gasteiger partial charge in [-0.3, -0.25) is 4.79 Å². The third-order valence-corrected chi connectivity index (χ3v) is 2.52. The lowest BCUT2D eigenvalue weighted by Gasteiger charge is -2.11. The van der Waals surface area contributed by atoms with Crippen LogP contribution in [0.1, 0.15) is 22.3 Å². The Morgan fingerprint density at radius 2 is 2.06 bits per heavy atom. The van der Waals surface area contributed by atoms with E-state index >= 15 is 0 Å². The molecule has 0 spiro atoms. The molecule has 0 aliphatic carbocycles. The van der Waals surface area contributed by atoms with Gasteiger partial charge < -0.3 is 14.8 Å². The number of carbonyl (C=O) groups is 1. The van der Waals surface area contributed by atoms with E-state index in [2.05, 4.69) is 5.32 Å². The molecule has 0 bridgehead atoms. The highest BCUT2D eigenvalue weighted by molar-refractivity contribution is 5.79. The van der Waals surface area contributed by atoms with E-state index in [9.17, 15) is 4.79 Å². The van der Waals surface area contributed by atoms with Crippen molar-refractivity contribution in [3.63, 3.8) is 0 Å². The average molecular weight is 249 g/mol. The van der Waals surface area contributed by atoms with E-state index in [0.29, 0.717) is 17.1 Å². The van der Waals surface area contributed by atoms with Crippen LogP contribution in [0.3, 0.4) is 0 Å². The quantitative estimate of drug-likeness (QED) is 0.594. The highest BCUT2D eigenvalue weighted by Gasteiger charge is 2.09. The van der Waals surface area contributed by atoms with Crippen LogP contribution in [0.4, 0.5) is 0 Å². The largest absolute Gasteiger partial charge is 0.493 e. The molecule has 4 heteroatoms. The van der Waals surface area contributed by atoms with Crippen LogP contribution >= 0.6 is 0 Å². The maximum atomic E-state index is 10.9. The van der Waals surface area contributed by atoms with Crippen molar-refractivity contribution in [2.45, 2.75) is 6.42 Å². The highest BCUT2D eigenvalue weighted by Crippen LogP contribution is 2.33. The molecule has 0 fully saturated rings. The van der Waals surface area contributed by atoms with Gasteiger partial charge in [-0.05, 0) is 32.1 Å². The predicted octanol–water partition coefficient (Wildman–Crippen LogP) is 2.14. The fourth-order valence-corrected chi connectivity index (χ4v) is 1.65. The summed E-state index contributed by atoms with van der Waals surface area (Å²) in [6.45, 7) is 0.906. The van der Waals surface area contributed by atoms with E-state index in [0.717, 1.165) is 24.8 Å². The minimum Gasteiger partial charge on any atom is -0.493 e. The SMILES string of the molecule is CNCCC=Cc1cc(C=O)cc(OC)c1OC. The van der Waals surface area contributed by atoms with Gasteiger partial charge in [0.15, 0.2) is 11.5 Å².